The van der Waals surface area contributed by atoms with Crippen LogP contribution in [0.2, 0.25) is 0 Å². The Hall–Kier alpha value is -2.54. The molecule has 0 saturated carbocycles. The van der Waals surface area contributed by atoms with Crippen molar-refractivity contribution < 1.29 is 14.3 Å². The number of hydrogen-bond donors (Lipinski definition) is 0. The molecule has 0 unspecified atom stereocenters. The number of benzene rings is 1. The summed E-state index contributed by atoms with van der Waals surface area (Å²) < 4.78 is 12.7. The van der Waals surface area contributed by atoms with Crippen LogP contribution in [-0.2, 0) is 26.6 Å². The number of carbonyl (C=O) groups is 1. The van der Waals surface area contributed by atoms with E-state index in [0.717, 1.165) is 25.2 Å². The first kappa shape index (κ1) is 16.6. The van der Waals surface area contributed by atoms with Crippen LogP contribution in [0.15, 0.2) is 18.2 Å². The topological polar surface area (TPSA) is 59.8 Å². The van der Waals surface area contributed by atoms with E-state index in [4.69, 9.17) is 14.6 Å². The van der Waals surface area contributed by atoms with Crippen LogP contribution in [-0.4, -0.2) is 51.9 Å². The Morgan fingerprint density at radius 1 is 1.15 bits per heavy atom. The molecule has 142 valence electrons. The maximum atomic E-state index is 13.0. The lowest BCUT2D eigenvalue weighted by molar-refractivity contribution is 0.0729. The van der Waals surface area contributed by atoms with E-state index in [0.29, 0.717) is 23.6 Å². The number of carbonyl (C=O) groups excluding carboxylic acids is 1. The fourth-order valence-electron chi connectivity index (χ4n) is 4.32. The van der Waals surface area contributed by atoms with Gasteiger partial charge in [-0.2, -0.15) is 5.10 Å². The van der Waals surface area contributed by atoms with Gasteiger partial charge in [0.05, 0.1) is 17.9 Å². The molecule has 0 atom stereocenters. The predicted octanol–water partition coefficient (Wildman–Crippen LogP) is 1.94. The van der Waals surface area contributed by atoms with Gasteiger partial charge in [-0.05, 0) is 50.6 Å². The highest BCUT2D eigenvalue weighted by molar-refractivity contribution is 5.95. The third-order valence-corrected chi connectivity index (χ3v) is 5.81. The molecule has 0 spiro atoms. The van der Waals surface area contributed by atoms with Gasteiger partial charge in [-0.25, -0.2) is 0 Å². The van der Waals surface area contributed by atoms with Gasteiger partial charge in [0, 0.05) is 31.3 Å². The van der Waals surface area contributed by atoms with Crippen molar-refractivity contribution in [2.24, 2.45) is 7.05 Å². The van der Waals surface area contributed by atoms with E-state index >= 15 is 0 Å². The molecule has 1 aromatic carbocycles. The average molecular weight is 368 g/mol. The van der Waals surface area contributed by atoms with Gasteiger partial charge in [0.2, 0.25) is 6.79 Å². The van der Waals surface area contributed by atoms with Crippen LogP contribution in [0.4, 0.5) is 0 Å². The first-order chi connectivity index (χ1) is 13.2. The number of amides is 1. The van der Waals surface area contributed by atoms with Crippen molar-refractivity contribution in [2.75, 3.05) is 26.4 Å². The largest absolute Gasteiger partial charge is 0.454 e. The standard InChI is InChI=1S/C20H24N4O3/c1-22-17-12-24(20(25)14-4-5-18-19(10-14)27-13-26-18)9-6-15(17)16(21-22)11-23-7-2-3-8-23/h4-5,10H,2-3,6-9,11-13H2,1H3. The van der Waals surface area contributed by atoms with Crippen molar-refractivity contribution in [3.63, 3.8) is 0 Å². The number of aromatic nitrogens is 2. The van der Waals surface area contributed by atoms with Crippen LogP contribution >= 0.6 is 0 Å². The molecular weight excluding hydrogens is 344 g/mol. The number of fused-ring (bicyclic) bond motifs is 2. The Balaban J connectivity index is 1.35. The van der Waals surface area contributed by atoms with Crippen molar-refractivity contribution in [2.45, 2.75) is 32.4 Å². The summed E-state index contributed by atoms with van der Waals surface area (Å²) >= 11 is 0. The molecule has 0 aliphatic carbocycles. The Labute approximate surface area is 158 Å². The third-order valence-electron chi connectivity index (χ3n) is 5.81. The van der Waals surface area contributed by atoms with Crippen LogP contribution < -0.4 is 9.47 Å². The zero-order valence-electron chi connectivity index (χ0n) is 15.6. The molecular formula is C20H24N4O3. The van der Waals surface area contributed by atoms with E-state index < -0.39 is 0 Å². The van der Waals surface area contributed by atoms with Crippen LogP contribution in [0.3, 0.4) is 0 Å². The number of likely N-dealkylation sites (tertiary alicyclic amines) is 1. The fourth-order valence-corrected chi connectivity index (χ4v) is 4.32. The number of nitrogens with zero attached hydrogens (tertiary/aromatic N) is 4. The second kappa shape index (κ2) is 6.56. The lowest BCUT2D eigenvalue weighted by atomic mass is 10.0. The minimum Gasteiger partial charge on any atom is -0.454 e. The number of aryl methyl sites for hydroxylation is 1. The SMILES string of the molecule is Cn1nc(CN2CCCC2)c2c1CN(C(=O)c1ccc3c(c1)OCO3)CC2. The molecule has 1 amide bonds. The summed E-state index contributed by atoms with van der Waals surface area (Å²) in [6, 6.07) is 5.40. The van der Waals surface area contributed by atoms with E-state index in [1.54, 1.807) is 6.07 Å². The minimum atomic E-state index is 0.0289. The summed E-state index contributed by atoms with van der Waals surface area (Å²) in [7, 11) is 1.99. The molecule has 0 radical (unpaired) electrons. The van der Waals surface area contributed by atoms with Crippen molar-refractivity contribution in [1.29, 1.82) is 0 Å². The molecule has 4 heterocycles. The quantitative estimate of drug-likeness (QED) is 0.829. The molecule has 0 N–H and O–H groups in total. The predicted molar refractivity (Wildman–Crippen MR) is 98.7 cm³/mol. The van der Waals surface area contributed by atoms with Crippen molar-refractivity contribution in [1.82, 2.24) is 19.6 Å². The summed E-state index contributed by atoms with van der Waals surface area (Å²) in [6.07, 6.45) is 3.43. The van der Waals surface area contributed by atoms with Crippen LogP contribution in [0.5, 0.6) is 11.5 Å². The second-order valence-corrected chi connectivity index (χ2v) is 7.52. The highest BCUT2D eigenvalue weighted by atomic mass is 16.7. The molecule has 1 aromatic heterocycles. The van der Waals surface area contributed by atoms with E-state index in [1.165, 1.54) is 37.2 Å². The van der Waals surface area contributed by atoms with Gasteiger partial charge in [-0.3, -0.25) is 14.4 Å². The molecule has 5 rings (SSSR count). The van der Waals surface area contributed by atoms with Gasteiger partial charge in [0.1, 0.15) is 0 Å². The second-order valence-electron chi connectivity index (χ2n) is 7.52. The fraction of sp³-hybridized carbons (Fsp3) is 0.500. The van der Waals surface area contributed by atoms with Crippen LogP contribution in [0.1, 0.15) is 40.2 Å². The Kier molecular flexibility index (Phi) is 4.04. The Morgan fingerprint density at radius 2 is 1.96 bits per heavy atom. The van der Waals surface area contributed by atoms with Gasteiger partial charge in [-0.1, -0.05) is 0 Å². The molecule has 27 heavy (non-hydrogen) atoms. The highest BCUT2D eigenvalue weighted by Crippen LogP contribution is 2.33. The highest BCUT2D eigenvalue weighted by Gasteiger charge is 2.29. The summed E-state index contributed by atoms with van der Waals surface area (Å²) in [5.41, 5.74) is 4.32. The van der Waals surface area contributed by atoms with Gasteiger partial charge in [0.15, 0.2) is 11.5 Å². The van der Waals surface area contributed by atoms with Gasteiger partial charge >= 0.3 is 0 Å². The summed E-state index contributed by atoms with van der Waals surface area (Å²) in [6.45, 7) is 4.80. The molecule has 7 heteroatoms. The van der Waals surface area contributed by atoms with Gasteiger partial charge < -0.3 is 14.4 Å². The summed E-state index contributed by atoms with van der Waals surface area (Å²) in [4.78, 5) is 17.4. The van der Waals surface area contributed by atoms with Crippen LogP contribution in [0.25, 0.3) is 0 Å². The van der Waals surface area contributed by atoms with Crippen molar-refractivity contribution >= 4 is 5.91 Å². The zero-order valence-corrected chi connectivity index (χ0v) is 15.6. The monoisotopic (exact) mass is 368 g/mol. The van der Waals surface area contributed by atoms with Gasteiger partial charge in [0.25, 0.3) is 5.91 Å². The molecule has 1 saturated heterocycles. The first-order valence-corrected chi connectivity index (χ1v) is 9.64. The van der Waals surface area contributed by atoms with E-state index in [-0.39, 0.29) is 12.7 Å². The summed E-state index contributed by atoms with van der Waals surface area (Å²) in [5, 5.41) is 4.77. The number of rotatable bonds is 3. The number of hydrogen-bond acceptors (Lipinski definition) is 5. The number of ether oxygens (including phenoxy) is 2. The first-order valence-electron chi connectivity index (χ1n) is 9.64. The maximum absolute atomic E-state index is 13.0. The molecule has 3 aliphatic heterocycles. The molecule has 3 aliphatic rings. The molecule has 0 bridgehead atoms. The summed E-state index contributed by atoms with van der Waals surface area (Å²) in [5.74, 6) is 1.37. The normalized spacial score (nSPS) is 18.8. The van der Waals surface area contributed by atoms with Crippen molar-refractivity contribution in [3.8, 4) is 11.5 Å². The lowest BCUT2D eigenvalue weighted by Crippen LogP contribution is -2.36. The van der Waals surface area contributed by atoms with E-state index in [1.807, 2.05) is 28.8 Å². The molecule has 1 fully saturated rings. The zero-order chi connectivity index (χ0) is 18.4. The average Bonchev–Trinajstić information content (AvgIpc) is 3.42. The maximum Gasteiger partial charge on any atom is 0.254 e. The lowest BCUT2D eigenvalue weighted by Gasteiger charge is -2.28. The Morgan fingerprint density at radius 3 is 2.81 bits per heavy atom. The third kappa shape index (κ3) is 2.96. The smallest absolute Gasteiger partial charge is 0.254 e. The minimum absolute atomic E-state index is 0.0289. The van der Waals surface area contributed by atoms with E-state index in [2.05, 4.69) is 4.90 Å². The van der Waals surface area contributed by atoms with E-state index in [9.17, 15) is 4.79 Å². The van der Waals surface area contributed by atoms with Crippen LogP contribution in [0, 0.1) is 0 Å². The van der Waals surface area contributed by atoms with Crippen molar-refractivity contribution in [3.05, 3.63) is 40.7 Å². The van der Waals surface area contributed by atoms with Gasteiger partial charge in [-0.15, -0.1) is 0 Å². The molecule has 2 aromatic rings. The Bertz CT molecular complexity index is 886. The molecule has 7 nitrogen and oxygen atoms in total.